The van der Waals surface area contributed by atoms with E-state index in [1.165, 1.54) is 12.1 Å². The van der Waals surface area contributed by atoms with Crippen molar-refractivity contribution in [3.8, 4) is 0 Å². The van der Waals surface area contributed by atoms with Crippen LogP contribution >= 0.6 is 0 Å². The van der Waals surface area contributed by atoms with E-state index >= 15 is 0 Å². The van der Waals surface area contributed by atoms with Gasteiger partial charge >= 0.3 is 12.4 Å². The molecular weight excluding hydrogens is 422 g/mol. The van der Waals surface area contributed by atoms with Crippen molar-refractivity contribution in [1.29, 1.82) is 0 Å². The summed E-state index contributed by atoms with van der Waals surface area (Å²) in [6, 6.07) is 4.17. The molecule has 168 valence electrons. The van der Waals surface area contributed by atoms with Crippen LogP contribution in [0.15, 0.2) is 30.5 Å². The molecule has 0 aliphatic heterocycles. The molecule has 0 aliphatic rings. The molecule has 0 amide bonds. The van der Waals surface area contributed by atoms with Crippen molar-refractivity contribution in [2.24, 2.45) is 0 Å². The van der Waals surface area contributed by atoms with E-state index in [9.17, 15) is 26.3 Å². The highest BCUT2D eigenvalue weighted by atomic mass is 19.4. The Hall–Kier alpha value is -2.62. The number of rotatable bonds is 7. The van der Waals surface area contributed by atoms with Gasteiger partial charge in [0.05, 0.1) is 17.3 Å². The van der Waals surface area contributed by atoms with Gasteiger partial charge in [-0.1, -0.05) is 19.1 Å². The fraction of sp³-hybridized carbons (Fsp3) is 0.429. The number of halogens is 6. The van der Waals surface area contributed by atoms with Crippen LogP contribution in [-0.4, -0.2) is 28.3 Å². The summed E-state index contributed by atoms with van der Waals surface area (Å²) in [5.41, 5.74) is -0.924. The van der Waals surface area contributed by atoms with Gasteiger partial charge in [0.15, 0.2) is 0 Å². The van der Waals surface area contributed by atoms with Gasteiger partial charge in [-0.25, -0.2) is 4.98 Å². The Morgan fingerprint density at radius 1 is 1.10 bits per heavy atom. The number of fused-ring (bicyclic) bond motifs is 1. The summed E-state index contributed by atoms with van der Waals surface area (Å²) in [6.45, 7) is 4.52. The van der Waals surface area contributed by atoms with E-state index in [4.69, 9.17) is 0 Å². The summed E-state index contributed by atoms with van der Waals surface area (Å²) in [7, 11) is 0. The van der Waals surface area contributed by atoms with Gasteiger partial charge in [0.2, 0.25) is 0 Å². The zero-order valence-electron chi connectivity index (χ0n) is 17.0. The Bertz CT molecular complexity index is 1040. The molecule has 0 fully saturated rings. The molecule has 2 heterocycles. The summed E-state index contributed by atoms with van der Waals surface area (Å²) in [6.07, 6.45) is -6.33. The van der Waals surface area contributed by atoms with E-state index in [1.807, 2.05) is 6.92 Å². The zero-order chi connectivity index (χ0) is 22.8. The molecule has 0 spiro atoms. The number of benzene rings is 1. The lowest BCUT2D eigenvalue weighted by molar-refractivity contribution is -0.142. The summed E-state index contributed by atoms with van der Waals surface area (Å²) in [5, 5.41) is 10.1. The van der Waals surface area contributed by atoms with Crippen molar-refractivity contribution in [3.63, 3.8) is 0 Å². The molecule has 0 aliphatic carbocycles. The number of para-hydroxylation sites is 1. The number of hydrogen-bond donors (Lipinski definition) is 2. The quantitative estimate of drug-likeness (QED) is 0.367. The second kappa shape index (κ2) is 8.86. The predicted octanol–water partition coefficient (Wildman–Crippen LogP) is 5.63. The van der Waals surface area contributed by atoms with Gasteiger partial charge < -0.3 is 5.32 Å². The number of pyridine rings is 1. The highest BCUT2D eigenvalue weighted by Crippen LogP contribution is 2.39. The minimum atomic E-state index is -4.85. The van der Waals surface area contributed by atoms with Crippen molar-refractivity contribution in [2.45, 2.75) is 45.0 Å². The molecule has 0 bridgehead atoms. The van der Waals surface area contributed by atoms with Crippen LogP contribution in [0.5, 0.6) is 0 Å². The van der Waals surface area contributed by atoms with Gasteiger partial charge in [0.1, 0.15) is 5.69 Å². The molecule has 3 rings (SSSR count). The van der Waals surface area contributed by atoms with E-state index in [0.717, 1.165) is 36.2 Å². The van der Waals surface area contributed by atoms with Gasteiger partial charge in [-0.05, 0) is 55.5 Å². The third kappa shape index (κ3) is 5.36. The first-order chi connectivity index (χ1) is 14.5. The van der Waals surface area contributed by atoms with Crippen LogP contribution in [0, 0.1) is 6.92 Å². The third-order valence-electron chi connectivity index (χ3n) is 5.18. The average molecular weight is 444 g/mol. The average Bonchev–Trinajstić information content (AvgIpc) is 3.09. The molecule has 2 N–H and O–H groups in total. The molecule has 4 nitrogen and oxygen atoms in total. The lowest BCUT2D eigenvalue weighted by Gasteiger charge is -2.19. The number of aromatic amines is 1. The molecule has 1 unspecified atom stereocenters. The summed E-state index contributed by atoms with van der Waals surface area (Å²) < 4.78 is 80.1. The highest BCUT2D eigenvalue weighted by molar-refractivity contribution is 5.86. The number of alkyl halides is 6. The molecular formula is C21H22F6N4. The molecule has 1 aromatic carbocycles. The normalized spacial score (nSPS) is 13.7. The van der Waals surface area contributed by atoms with Crippen LogP contribution in [-0.2, 0) is 18.8 Å². The summed E-state index contributed by atoms with van der Waals surface area (Å²) >= 11 is 0. The maximum atomic E-state index is 13.4. The standard InChI is InChI=1S/C21H22F6N4/c1-12(10-28-8-4-5-14-11-29-31-13(14)2)16-9-18(21(25,26)27)30-19-15(16)6-3-7-17(19)20(22,23)24/h3,6-7,9,11-12,28H,4-5,8,10H2,1-2H3,(H,29,31). The number of H-pyrrole nitrogens is 1. The molecule has 1 atom stereocenters. The van der Waals surface area contributed by atoms with Crippen LogP contribution in [0.2, 0.25) is 0 Å². The molecule has 0 radical (unpaired) electrons. The first-order valence-electron chi connectivity index (χ1n) is 9.76. The van der Waals surface area contributed by atoms with Crippen LogP contribution in [0.4, 0.5) is 26.3 Å². The van der Waals surface area contributed by atoms with Gasteiger partial charge in [0, 0.05) is 17.6 Å². The van der Waals surface area contributed by atoms with Crippen LogP contribution in [0.1, 0.15) is 47.3 Å². The van der Waals surface area contributed by atoms with Crippen molar-refractivity contribution < 1.29 is 26.3 Å². The Labute approximate surface area is 175 Å². The molecule has 31 heavy (non-hydrogen) atoms. The maximum Gasteiger partial charge on any atom is 0.433 e. The summed E-state index contributed by atoms with van der Waals surface area (Å²) in [4.78, 5) is 3.33. The first kappa shape index (κ1) is 23.1. The largest absolute Gasteiger partial charge is 0.433 e. The second-order valence-corrected chi connectivity index (χ2v) is 7.52. The molecule has 0 saturated heterocycles. The molecule has 0 saturated carbocycles. The van der Waals surface area contributed by atoms with E-state index in [1.54, 1.807) is 13.1 Å². The van der Waals surface area contributed by atoms with E-state index in [2.05, 4.69) is 20.5 Å². The minimum absolute atomic E-state index is 0.0751. The van der Waals surface area contributed by atoms with Gasteiger partial charge in [-0.2, -0.15) is 31.4 Å². The van der Waals surface area contributed by atoms with E-state index < -0.39 is 35.0 Å². The fourth-order valence-electron chi connectivity index (χ4n) is 3.52. The number of hydrogen-bond acceptors (Lipinski definition) is 3. The van der Waals surface area contributed by atoms with Crippen molar-refractivity contribution in [2.75, 3.05) is 13.1 Å². The zero-order valence-corrected chi connectivity index (χ0v) is 17.0. The van der Waals surface area contributed by atoms with Crippen LogP contribution in [0.25, 0.3) is 10.9 Å². The molecule has 3 aromatic rings. The highest BCUT2D eigenvalue weighted by Gasteiger charge is 2.37. The Morgan fingerprint density at radius 2 is 1.84 bits per heavy atom. The number of aromatic nitrogens is 3. The second-order valence-electron chi connectivity index (χ2n) is 7.52. The Morgan fingerprint density at radius 3 is 2.45 bits per heavy atom. The van der Waals surface area contributed by atoms with Crippen molar-refractivity contribution in [1.82, 2.24) is 20.5 Å². The minimum Gasteiger partial charge on any atom is -0.316 e. The Balaban J connectivity index is 1.81. The third-order valence-corrected chi connectivity index (χ3v) is 5.18. The van der Waals surface area contributed by atoms with Crippen LogP contribution in [0.3, 0.4) is 0 Å². The van der Waals surface area contributed by atoms with Crippen LogP contribution < -0.4 is 5.32 Å². The Kier molecular flexibility index (Phi) is 6.59. The van der Waals surface area contributed by atoms with Crippen molar-refractivity contribution in [3.05, 3.63) is 58.5 Å². The van der Waals surface area contributed by atoms with Gasteiger partial charge in [-0.15, -0.1) is 0 Å². The predicted molar refractivity (Wildman–Crippen MR) is 105 cm³/mol. The van der Waals surface area contributed by atoms with E-state index in [0.29, 0.717) is 13.1 Å². The maximum absolute atomic E-state index is 13.4. The topological polar surface area (TPSA) is 53.6 Å². The lowest BCUT2D eigenvalue weighted by atomic mass is 9.94. The fourth-order valence-corrected chi connectivity index (χ4v) is 3.52. The molecule has 10 heteroatoms. The first-order valence-corrected chi connectivity index (χ1v) is 9.76. The smallest absolute Gasteiger partial charge is 0.316 e. The van der Waals surface area contributed by atoms with Gasteiger partial charge in [0.25, 0.3) is 0 Å². The number of nitrogens with zero attached hydrogens (tertiary/aromatic N) is 2. The monoisotopic (exact) mass is 444 g/mol. The number of aryl methyl sites for hydroxylation is 2. The molecule has 2 aromatic heterocycles. The summed E-state index contributed by atoms with van der Waals surface area (Å²) in [5.74, 6) is -0.453. The van der Waals surface area contributed by atoms with Gasteiger partial charge in [-0.3, -0.25) is 5.10 Å². The van der Waals surface area contributed by atoms with E-state index in [-0.39, 0.29) is 10.9 Å². The SMILES string of the molecule is Cc1[nH]ncc1CCCNCC(C)c1cc(C(F)(F)F)nc2c(C(F)(F)F)cccc12. The number of nitrogens with one attached hydrogen (secondary N) is 2. The van der Waals surface area contributed by atoms with Crippen molar-refractivity contribution >= 4 is 10.9 Å². The lowest BCUT2D eigenvalue weighted by Crippen LogP contribution is -2.22.